The molecule has 3 aliphatic heterocycles. The predicted octanol–water partition coefficient (Wildman–Crippen LogP) is 3.13. The van der Waals surface area contributed by atoms with Gasteiger partial charge in [-0.15, -0.1) is 0 Å². The van der Waals surface area contributed by atoms with Crippen molar-refractivity contribution in [1.29, 1.82) is 0 Å². The number of rotatable bonds is 0. The van der Waals surface area contributed by atoms with E-state index in [1.807, 2.05) is 0 Å². The molecule has 0 aromatic heterocycles. The van der Waals surface area contributed by atoms with Gasteiger partial charge in [-0.3, -0.25) is 0 Å². The first-order valence-corrected chi connectivity index (χ1v) is 8.48. The molecule has 0 saturated carbocycles. The number of hydrogen-bond donors (Lipinski definition) is 0. The van der Waals surface area contributed by atoms with Crippen LogP contribution in [0.4, 0.5) is 0 Å². The van der Waals surface area contributed by atoms with E-state index in [0.29, 0.717) is 31.2 Å². The first-order chi connectivity index (χ1) is 11.4. The molecule has 4 aliphatic rings. The Balaban J connectivity index is 1.52. The molecule has 3 fully saturated rings. The zero-order chi connectivity index (χ0) is 15.0. The van der Waals surface area contributed by atoms with Gasteiger partial charge in [0.2, 0.25) is 0 Å². The highest BCUT2D eigenvalue weighted by Gasteiger charge is 2.57. The van der Waals surface area contributed by atoms with Crippen molar-refractivity contribution in [3.05, 3.63) is 53.6 Å². The normalized spacial score (nSPS) is 40.0. The van der Waals surface area contributed by atoms with Gasteiger partial charge in [0.05, 0.1) is 25.4 Å². The SMILES string of the molecule is C1=CC2C3OC3COCC3OC3C2c2cc3ccccc3cc21. The standard InChI is InChI=1S/C20H18O3/c1-2-4-12-8-15-13(7-11(12)3-1)5-6-14-18(15)20-17(23-20)10-21-9-16-19(14)22-16/h1-8,14,16-20H,9-10H2. The smallest absolute Gasteiger partial charge is 0.108 e. The van der Waals surface area contributed by atoms with Gasteiger partial charge in [0.25, 0.3) is 0 Å². The molecule has 6 atom stereocenters. The van der Waals surface area contributed by atoms with E-state index in [1.165, 1.54) is 21.9 Å². The maximum Gasteiger partial charge on any atom is 0.108 e. The number of ether oxygens (including phenoxy) is 3. The minimum atomic E-state index is 0.255. The third-order valence-corrected chi connectivity index (χ3v) is 5.76. The largest absolute Gasteiger partial charge is 0.376 e. The Labute approximate surface area is 134 Å². The molecule has 6 rings (SSSR count). The van der Waals surface area contributed by atoms with Crippen LogP contribution in [0, 0.1) is 5.92 Å². The van der Waals surface area contributed by atoms with Crippen LogP contribution in [0.25, 0.3) is 16.8 Å². The fraction of sp³-hybridized carbons (Fsp3) is 0.400. The van der Waals surface area contributed by atoms with Gasteiger partial charge in [0.1, 0.15) is 12.2 Å². The summed E-state index contributed by atoms with van der Waals surface area (Å²) in [6.45, 7) is 1.41. The first kappa shape index (κ1) is 12.7. The van der Waals surface area contributed by atoms with Gasteiger partial charge < -0.3 is 14.2 Å². The van der Waals surface area contributed by atoms with E-state index < -0.39 is 0 Å². The fourth-order valence-electron chi connectivity index (χ4n) is 4.50. The molecule has 3 nitrogen and oxygen atoms in total. The molecule has 0 bridgehead atoms. The Hall–Kier alpha value is -1.68. The minimum absolute atomic E-state index is 0.255. The second kappa shape index (κ2) is 4.44. The fourth-order valence-corrected chi connectivity index (χ4v) is 4.50. The zero-order valence-electron chi connectivity index (χ0n) is 12.7. The third kappa shape index (κ3) is 1.87. The van der Waals surface area contributed by atoms with Crippen LogP contribution < -0.4 is 0 Å². The Morgan fingerprint density at radius 3 is 2.48 bits per heavy atom. The number of hydrogen-bond acceptors (Lipinski definition) is 3. The lowest BCUT2D eigenvalue weighted by molar-refractivity contribution is 0.102. The molecule has 0 radical (unpaired) electrons. The summed E-state index contributed by atoms with van der Waals surface area (Å²) in [6, 6.07) is 13.3. The Kier molecular flexibility index (Phi) is 2.45. The summed E-state index contributed by atoms with van der Waals surface area (Å²) in [6.07, 6.45) is 5.71. The van der Waals surface area contributed by atoms with Crippen molar-refractivity contribution < 1.29 is 14.2 Å². The summed E-state index contributed by atoms with van der Waals surface area (Å²) < 4.78 is 17.6. The van der Waals surface area contributed by atoms with Crippen LogP contribution in [0.5, 0.6) is 0 Å². The van der Waals surface area contributed by atoms with Crippen molar-refractivity contribution in [3.63, 3.8) is 0 Å². The van der Waals surface area contributed by atoms with Crippen LogP contribution in [-0.2, 0) is 14.2 Å². The highest BCUT2D eigenvalue weighted by Crippen LogP contribution is 2.51. The first-order valence-electron chi connectivity index (χ1n) is 8.48. The van der Waals surface area contributed by atoms with Crippen molar-refractivity contribution in [3.8, 4) is 0 Å². The zero-order valence-corrected chi connectivity index (χ0v) is 12.7. The van der Waals surface area contributed by atoms with E-state index >= 15 is 0 Å². The molecule has 2 aromatic carbocycles. The quantitative estimate of drug-likeness (QED) is 0.701. The van der Waals surface area contributed by atoms with Crippen molar-refractivity contribution in [2.24, 2.45) is 5.92 Å². The molecule has 6 unspecified atom stereocenters. The third-order valence-electron chi connectivity index (χ3n) is 5.76. The summed E-state index contributed by atoms with van der Waals surface area (Å²) in [5, 5.41) is 2.61. The highest BCUT2D eigenvalue weighted by atomic mass is 16.6. The van der Waals surface area contributed by atoms with E-state index in [-0.39, 0.29) is 18.3 Å². The number of benzene rings is 2. The molecule has 116 valence electrons. The molecule has 1 aliphatic carbocycles. The van der Waals surface area contributed by atoms with Crippen molar-refractivity contribution in [2.45, 2.75) is 30.3 Å². The number of epoxide rings is 2. The average molecular weight is 306 g/mol. The van der Waals surface area contributed by atoms with Crippen LogP contribution in [0.15, 0.2) is 42.5 Å². The second-order valence-electron chi connectivity index (χ2n) is 7.11. The van der Waals surface area contributed by atoms with Crippen LogP contribution in [0.2, 0.25) is 0 Å². The van der Waals surface area contributed by atoms with Gasteiger partial charge in [0, 0.05) is 11.8 Å². The molecule has 3 saturated heterocycles. The molecular weight excluding hydrogens is 288 g/mol. The van der Waals surface area contributed by atoms with Crippen LogP contribution in [0.1, 0.15) is 17.0 Å². The van der Waals surface area contributed by atoms with Crippen LogP contribution in [-0.4, -0.2) is 37.6 Å². The highest BCUT2D eigenvalue weighted by molar-refractivity contribution is 5.86. The van der Waals surface area contributed by atoms with E-state index in [2.05, 4.69) is 48.6 Å². The van der Waals surface area contributed by atoms with E-state index in [9.17, 15) is 0 Å². The van der Waals surface area contributed by atoms with Crippen molar-refractivity contribution in [2.75, 3.05) is 13.2 Å². The monoisotopic (exact) mass is 306 g/mol. The van der Waals surface area contributed by atoms with E-state index in [0.717, 1.165) is 0 Å². The molecule has 23 heavy (non-hydrogen) atoms. The van der Waals surface area contributed by atoms with Gasteiger partial charge in [0.15, 0.2) is 0 Å². The summed E-state index contributed by atoms with van der Waals surface area (Å²) in [4.78, 5) is 0. The minimum Gasteiger partial charge on any atom is -0.376 e. The van der Waals surface area contributed by atoms with Gasteiger partial charge >= 0.3 is 0 Å². The van der Waals surface area contributed by atoms with Gasteiger partial charge in [-0.1, -0.05) is 42.5 Å². The van der Waals surface area contributed by atoms with Crippen molar-refractivity contribution in [1.82, 2.24) is 0 Å². The summed E-state index contributed by atoms with van der Waals surface area (Å²) >= 11 is 0. The Morgan fingerprint density at radius 2 is 1.61 bits per heavy atom. The second-order valence-corrected chi connectivity index (χ2v) is 7.11. The lowest BCUT2D eigenvalue weighted by Crippen LogP contribution is -2.26. The van der Waals surface area contributed by atoms with Crippen molar-refractivity contribution >= 4 is 16.8 Å². The van der Waals surface area contributed by atoms with E-state index in [1.54, 1.807) is 0 Å². The molecule has 0 N–H and O–H groups in total. The molecule has 0 spiro atoms. The Bertz CT molecular complexity index is 827. The van der Waals surface area contributed by atoms with Crippen LogP contribution in [0.3, 0.4) is 0 Å². The van der Waals surface area contributed by atoms with Crippen LogP contribution >= 0.6 is 0 Å². The number of fused-ring (bicyclic) bond motifs is 8. The van der Waals surface area contributed by atoms with Gasteiger partial charge in [-0.2, -0.15) is 0 Å². The maximum absolute atomic E-state index is 5.98. The summed E-state index contributed by atoms with van der Waals surface area (Å²) in [5.41, 5.74) is 2.75. The lowest BCUT2D eigenvalue weighted by Gasteiger charge is -2.28. The lowest BCUT2D eigenvalue weighted by atomic mass is 9.74. The molecule has 3 heteroatoms. The Morgan fingerprint density at radius 1 is 0.870 bits per heavy atom. The average Bonchev–Trinajstić information content (AvgIpc) is 3.49. The molecule has 2 aromatic rings. The summed E-state index contributed by atoms with van der Waals surface area (Å²) in [5.74, 6) is 0.798. The van der Waals surface area contributed by atoms with E-state index in [4.69, 9.17) is 14.2 Å². The molecular formula is C20H18O3. The topological polar surface area (TPSA) is 34.3 Å². The summed E-state index contributed by atoms with van der Waals surface area (Å²) in [7, 11) is 0. The predicted molar refractivity (Wildman–Crippen MR) is 87.4 cm³/mol. The molecule has 0 amide bonds. The molecule has 3 heterocycles. The van der Waals surface area contributed by atoms with Gasteiger partial charge in [-0.05, 0) is 28.0 Å². The maximum atomic E-state index is 5.98. The van der Waals surface area contributed by atoms with Gasteiger partial charge in [-0.25, -0.2) is 0 Å².